The van der Waals surface area contributed by atoms with E-state index in [1.807, 2.05) is 19.1 Å². The highest BCUT2D eigenvalue weighted by molar-refractivity contribution is 6.30. The molecular weight excluding hydrogens is 368 g/mol. The second-order valence-electron chi connectivity index (χ2n) is 6.06. The van der Waals surface area contributed by atoms with E-state index in [-0.39, 0.29) is 18.5 Å². The molecule has 0 saturated heterocycles. The predicted molar refractivity (Wildman–Crippen MR) is 102 cm³/mol. The molecule has 0 radical (unpaired) electrons. The van der Waals surface area contributed by atoms with Crippen LogP contribution in [0.4, 0.5) is 0 Å². The van der Waals surface area contributed by atoms with Gasteiger partial charge in [0.2, 0.25) is 0 Å². The molecule has 0 aromatic heterocycles. The standard InChI is InChI=1S/C20H21ClN2O4/c1-13-5-3-7-16(9-13)20(26)22-11-19(25)27-12-18(24)23-14(2)15-6-4-8-17(21)10-15/h3-10,14H,11-12H2,1-2H3,(H,22,26)(H,23,24)/t14-/m0/s1. The van der Waals surface area contributed by atoms with Crippen LogP contribution in [0.3, 0.4) is 0 Å². The van der Waals surface area contributed by atoms with E-state index in [4.69, 9.17) is 16.3 Å². The van der Waals surface area contributed by atoms with Crippen LogP contribution in [0, 0.1) is 6.92 Å². The van der Waals surface area contributed by atoms with Crippen molar-refractivity contribution in [3.8, 4) is 0 Å². The minimum Gasteiger partial charge on any atom is -0.454 e. The third-order valence-corrected chi connectivity index (χ3v) is 4.00. The lowest BCUT2D eigenvalue weighted by Gasteiger charge is -2.14. The number of nitrogens with one attached hydrogen (secondary N) is 2. The number of hydrogen-bond acceptors (Lipinski definition) is 4. The molecule has 1 atom stereocenters. The van der Waals surface area contributed by atoms with Crippen molar-refractivity contribution in [3.05, 3.63) is 70.2 Å². The fourth-order valence-corrected chi connectivity index (χ4v) is 2.58. The fraction of sp³-hybridized carbons (Fsp3) is 0.250. The van der Waals surface area contributed by atoms with Crippen molar-refractivity contribution in [2.24, 2.45) is 0 Å². The molecule has 142 valence electrons. The molecule has 0 aliphatic heterocycles. The maximum atomic E-state index is 12.0. The lowest BCUT2D eigenvalue weighted by molar-refractivity contribution is -0.147. The van der Waals surface area contributed by atoms with E-state index in [1.165, 1.54) is 0 Å². The quantitative estimate of drug-likeness (QED) is 0.714. The van der Waals surface area contributed by atoms with Gasteiger partial charge in [-0.1, -0.05) is 41.4 Å². The highest BCUT2D eigenvalue weighted by Crippen LogP contribution is 2.17. The second-order valence-corrected chi connectivity index (χ2v) is 6.49. The smallest absolute Gasteiger partial charge is 0.325 e. The average Bonchev–Trinajstić information content (AvgIpc) is 2.64. The third kappa shape index (κ3) is 6.75. The Bertz CT molecular complexity index is 838. The van der Waals surface area contributed by atoms with Crippen LogP contribution < -0.4 is 10.6 Å². The van der Waals surface area contributed by atoms with Crippen LogP contribution in [-0.2, 0) is 14.3 Å². The topological polar surface area (TPSA) is 84.5 Å². The zero-order chi connectivity index (χ0) is 19.8. The van der Waals surface area contributed by atoms with Gasteiger partial charge in [-0.05, 0) is 43.7 Å². The van der Waals surface area contributed by atoms with Crippen molar-refractivity contribution in [1.82, 2.24) is 10.6 Å². The summed E-state index contributed by atoms with van der Waals surface area (Å²) in [7, 11) is 0. The Hall–Kier alpha value is -2.86. The molecule has 2 aromatic rings. The van der Waals surface area contributed by atoms with Gasteiger partial charge in [-0.2, -0.15) is 0 Å². The van der Waals surface area contributed by atoms with Gasteiger partial charge in [0.15, 0.2) is 6.61 Å². The first-order valence-electron chi connectivity index (χ1n) is 8.40. The first-order valence-corrected chi connectivity index (χ1v) is 8.78. The summed E-state index contributed by atoms with van der Waals surface area (Å²) in [5.74, 6) is -1.52. The van der Waals surface area contributed by atoms with Gasteiger partial charge in [-0.25, -0.2) is 0 Å². The van der Waals surface area contributed by atoms with E-state index in [2.05, 4.69) is 10.6 Å². The van der Waals surface area contributed by atoms with Crippen LogP contribution in [0.2, 0.25) is 5.02 Å². The zero-order valence-corrected chi connectivity index (χ0v) is 15.9. The van der Waals surface area contributed by atoms with Crippen LogP contribution in [0.25, 0.3) is 0 Å². The minimum atomic E-state index is -0.693. The van der Waals surface area contributed by atoms with E-state index >= 15 is 0 Å². The normalized spacial score (nSPS) is 11.4. The molecule has 2 N–H and O–H groups in total. The summed E-state index contributed by atoms with van der Waals surface area (Å²) in [6, 6.07) is 13.8. The van der Waals surface area contributed by atoms with E-state index in [0.717, 1.165) is 11.1 Å². The Morgan fingerprint density at radius 2 is 1.85 bits per heavy atom. The first-order chi connectivity index (χ1) is 12.8. The molecule has 2 rings (SSSR count). The van der Waals surface area contributed by atoms with Gasteiger partial charge in [-0.3, -0.25) is 14.4 Å². The Kier molecular flexibility index (Phi) is 7.37. The molecule has 27 heavy (non-hydrogen) atoms. The minimum absolute atomic E-state index is 0.282. The predicted octanol–water partition coefficient (Wildman–Crippen LogP) is 2.80. The van der Waals surface area contributed by atoms with E-state index < -0.39 is 18.5 Å². The number of rotatable bonds is 7. The maximum Gasteiger partial charge on any atom is 0.325 e. The van der Waals surface area contributed by atoms with Gasteiger partial charge >= 0.3 is 5.97 Å². The van der Waals surface area contributed by atoms with Crippen molar-refractivity contribution in [1.29, 1.82) is 0 Å². The van der Waals surface area contributed by atoms with Gasteiger partial charge in [-0.15, -0.1) is 0 Å². The molecule has 0 aliphatic rings. The van der Waals surface area contributed by atoms with Crippen LogP contribution in [0.1, 0.15) is 34.5 Å². The Labute approximate surface area is 162 Å². The van der Waals surface area contributed by atoms with Gasteiger partial charge in [0.25, 0.3) is 11.8 Å². The SMILES string of the molecule is Cc1cccc(C(=O)NCC(=O)OCC(=O)N[C@@H](C)c2cccc(Cl)c2)c1. The third-order valence-electron chi connectivity index (χ3n) is 3.76. The zero-order valence-electron chi connectivity index (χ0n) is 15.1. The monoisotopic (exact) mass is 388 g/mol. The van der Waals surface area contributed by atoms with E-state index in [0.29, 0.717) is 10.6 Å². The fourth-order valence-electron chi connectivity index (χ4n) is 2.38. The molecular formula is C20H21ClN2O4. The number of amides is 2. The molecule has 0 unspecified atom stereocenters. The maximum absolute atomic E-state index is 12.0. The second kappa shape index (κ2) is 9.73. The first kappa shape index (κ1) is 20.5. The van der Waals surface area contributed by atoms with Crippen molar-refractivity contribution in [2.45, 2.75) is 19.9 Å². The van der Waals surface area contributed by atoms with Gasteiger partial charge < -0.3 is 15.4 Å². The lowest BCUT2D eigenvalue weighted by atomic mass is 10.1. The molecule has 6 nitrogen and oxygen atoms in total. The largest absolute Gasteiger partial charge is 0.454 e. The van der Waals surface area contributed by atoms with Crippen LogP contribution in [0.5, 0.6) is 0 Å². The number of halogens is 1. The molecule has 0 aliphatic carbocycles. The Morgan fingerprint density at radius 3 is 2.56 bits per heavy atom. The number of benzene rings is 2. The summed E-state index contributed by atoms with van der Waals surface area (Å²) in [5.41, 5.74) is 2.24. The van der Waals surface area contributed by atoms with Crippen LogP contribution >= 0.6 is 11.6 Å². The average molecular weight is 389 g/mol. The molecule has 0 heterocycles. The van der Waals surface area contributed by atoms with Crippen LogP contribution in [-0.4, -0.2) is 30.9 Å². The van der Waals surface area contributed by atoms with Crippen molar-refractivity contribution in [2.75, 3.05) is 13.2 Å². The van der Waals surface area contributed by atoms with Crippen molar-refractivity contribution in [3.63, 3.8) is 0 Å². The van der Waals surface area contributed by atoms with Crippen molar-refractivity contribution < 1.29 is 19.1 Å². The molecule has 0 fully saturated rings. The van der Waals surface area contributed by atoms with E-state index in [1.54, 1.807) is 43.3 Å². The molecule has 0 spiro atoms. The number of ether oxygens (including phenoxy) is 1. The van der Waals surface area contributed by atoms with Gasteiger partial charge in [0.05, 0.1) is 6.04 Å². The molecule has 0 bridgehead atoms. The highest BCUT2D eigenvalue weighted by Gasteiger charge is 2.13. The summed E-state index contributed by atoms with van der Waals surface area (Å²) < 4.78 is 4.88. The van der Waals surface area contributed by atoms with Crippen LogP contribution in [0.15, 0.2) is 48.5 Å². The summed E-state index contributed by atoms with van der Waals surface area (Å²) in [4.78, 5) is 35.6. The summed E-state index contributed by atoms with van der Waals surface area (Å²) in [5, 5.41) is 5.75. The Balaban J connectivity index is 1.73. The number of carbonyl (C=O) groups excluding carboxylic acids is 3. The number of aryl methyl sites for hydroxylation is 1. The molecule has 7 heteroatoms. The summed E-state index contributed by atoms with van der Waals surface area (Å²) >= 11 is 5.92. The summed E-state index contributed by atoms with van der Waals surface area (Å²) in [6.45, 7) is 2.93. The van der Waals surface area contributed by atoms with E-state index in [9.17, 15) is 14.4 Å². The number of carbonyl (C=O) groups is 3. The number of esters is 1. The van der Waals surface area contributed by atoms with Gasteiger partial charge in [0, 0.05) is 10.6 Å². The highest BCUT2D eigenvalue weighted by atomic mass is 35.5. The molecule has 2 amide bonds. The Morgan fingerprint density at radius 1 is 1.11 bits per heavy atom. The molecule has 2 aromatic carbocycles. The van der Waals surface area contributed by atoms with Crippen molar-refractivity contribution >= 4 is 29.4 Å². The molecule has 0 saturated carbocycles. The lowest BCUT2D eigenvalue weighted by Crippen LogP contribution is -2.34. The summed E-state index contributed by atoms with van der Waals surface area (Å²) in [6.07, 6.45) is 0. The van der Waals surface area contributed by atoms with Gasteiger partial charge in [0.1, 0.15) is 6.54 Å². The number of hydrogen-bond donors (Lipinski definition) is 2.